The molecular weight excluding hydrogens is 388 g/mol. The molecule has 0 aliphatic carbocycles. The van der Waals surface area contributed by atoms with E-state index in [1.165, 1.54) is 49.4 Å². The third-order valence-corrected chi connectivity index (χ3v) is 5.01. The van der Waals surface area contributed by atoms with Crippen LogP contribution in [0.1, 0.15) is 15.9 Å². The quantitative estimate of drug-likeness (QED) is 0.263. The van der Waals surface area contributed by atoms with Gasteiger partial charge in [-0.25, -0.2) is 0 Å². The van der Waals surface area contributed by atoms with Gasteiger partial charge in [-0.15, -0.1) is 0 Å². The standard InChI is InChI=1S/C18H14N2O7S/c1-10-8-12(3-7-16(10)20(23)24)18(22)19-15-6-2-11-9-13(28(25,26)27)4-5-14(11)17(15)21/h2-9,21H,1H3,(H,19,22)(H,25,26,27). The van der Waals surface area contributed by atoms with Crippen molar-refractivity contribution in [1.82, 2.24) is 0 Å². The molecule has 28 heavy (non-hydrogen) atoms. The summed E-state index contributed by atoms with van der Waals surface area (Å²) >= 11 is 0. The Kier molecular flexibility index (Phi) is 4.75. The van der Waals surface area contributed by atoms with E-state index in [0.29, 0.717) is 10.9 Å². The van der Waals surface area contributed by atoms with Crippen LogP contribution < -0.4 is 5.32 Å². The third-order valence-electron chi connectivity index (χ3n) is 4.16. The van der Waals surface area contributed by atoms with E-state index in [4.69, 9.17) is 4.55 Å². The van der Waals surface area contributed by atoms with Gasteiger partial charge in [0.2, 0.25) is 0 Å². The van der Waals surface area contributed by atoms with Crippen molar-refractivity contribution in [2.75, 3.05) is 5.32 Å². The largest absolute Gasteiger partial charge is 0.505 e. The molecule has 3 aromatic carbocycles. The number of nitro benzene ring substituents is 1. The number of aromatic hydroxyl groups is 1. The van der Waals surface area contributed by atoms with Gasteiger partial charge < -0.3 is 10.4 Å². The number of anilines is 1. The summed E-state index contributed by atoms with van der Waals surface area (Å²) < 4.78 is 31.5. The molecule has 0 radical (unpaired) electrons. The predicted molar refractivity (Wildman–Crippen MR) is 101 cm³/mol. The minimum Gasteiger partial charge on any atom is -0.505 e. The zero-order chi connectivity index (χ0) is 20.6. The fraction of sp³-hybridized carbons (Fsp3) is 0.0556. The second kappa shape index (κ2) is 6.91. The highest BCUT2D eigenvalue weighted by Crippen LogP contribution is 2.34. The first-order chi connectivity index (χ1) is 13.1. The molecule has 9 nitrogen and oxygen atoms in total. The maximum Gasteiger partial charge on any atom is 0.294 e. The van der Waals surface area contributed by atoms with E-state index in [1.54, 1.807) is 0 Å². The second-order valence-corrected chi connectivity index (χ2v) is 7.45. The van der Waals surface area contributed by atoms with Crippen LogP contribution in [-0.4, -0.2) is 28.9 Å². The number of nitro groups is 1. The lowest BCUT2D eigenvalue weighted by atomic mass is 10.1. The van der Waals surface area contributed by atoms with Crippen molar-refractivity contribution in [1.29, 1.82) is 0 Å². The van der Waals surface area contributed by atoms with E-state index in [1.807, 2.05) is 0 Å². The average Bonchev–Trinajstić information content (AvgIpc) is 2.62. The second-order valence-electron chi connectivity index (χ2n) is 6.03. The van der Waals surface area contributed by atoms with Crippen LogP contribution in [0.2, 0.25) is 0 Å². The Hall–Kier alpha value is -3.50. The molecule has 3 aromatic rings. The number of rotatable bonds is 4. The molecule has 10 heteroatoms. The van der Waals surface area contributed by atoms with Gasteiger partial charge in [0.25, 0.3) is 21.7 Å². The Bertz CT molecular complexity index is 1240. The van der Waals surface area contributed by atoms with Gasteiger partial charge in [0, 0.05) is 22.6 Å². The van der Waals surface area contributed by atoms with Crippen LogP contribution in [0.25, 0.3) is 10.8 Å². The van der Waals surface area contributed by atoms with Crippen molar-refractivity contribution in [2.24, 2.45) is 0 Å². The number of phenolic OH excluding ortho intramolecular Hbond substituents is 1. The van der Waals surface area contributed by atoms with Gasteiger partial charge in [-0.2, -0.15) is 8.42 Å². The van der Waals surface area contributed by atoms with Crippen molar-refractivity contribution >= 4 is 38.2 Å². The molecule has 0 heterocycles. The molecule has 0 aliphatic heterocycles. The van der Waals surface area contributed by atoms with Crippen LogP contribution in [0.4, 0.5) is 11.4 Å². The molecule has 0 atom stereocenters. The molecule has 0 saturated carbocycles. The van der Waals surface area contributed by atoms with Gasteiger partial charge in [0.05, 0.1) is 15.5 Å². The molecule has 0 fully saturated rings. The fourth-order valence-corrected chi connectivity index (χ4v) is 3.26. The monoisotopic (exact) mass is 402 g/mol. The number of carbonyl (C=O) groups is 1. The highest BCUT2D eigenvalue weighted by atomic mass is 32.2. The molecule has 0 saturated heterocycles. The van der Waals surface area contributed by atoms with Crippen molar-refractivity contribution in [2.45, 2.75) is 11.8 Å². The molecule has 3 rings (SSSR count). The lowest BCUT2D eigenvalue weighted by molar-refractivity contribution is -0.385. The maximum absolute atomic E-state index is 12.4. The van der Waals surface area contributed by atoms with Gasteiger partial charge in [-0.3, -0.25) is 19.5 Å². The molecule has 3 N–H and O–H groups in total. The van der Waals surface area contributed by atoms with Gasteiger partial charge in [-0.1, -0.05) is 6.07 Å². The first-order valence-corrected chi connectivity index (χ1v) is 9.31. The first kappa shape index (κ1) is 19.3. The average molecular weight is 402 g/mol. The van der Waals surface area contributed by atoms with Crippen LogP contribution in [0.15, 0.2) is 53.4 Å². The molecule has 0 bridgehead atoms. The van der Waals surface area contributed by atoms with E-state index in [9.17, 15) is 28.4 Å². The highest BCUT2D eigenvalue weighted by molar-refractivity contribution is 7.85. The number of nitrogens with zero attached hydrogens (tertiary/aromatic N) is 1. The minimum atomic E-state index is -4.39. The molecule has 0 aromatic heterocycles. The van der Waals surface area contributed by atoms with Gasteiger partial charge in [-0.05, 0) is 48.7 Å². The van der Waals surface area contributed by atoms with Crippen LogP contribution in [0.3, 0.4) is 0 Å². The van der Waals surface area contributed by atoms with Gasteiger partial charge >= 0.3 is 0 Å². The Morgan fingerprint density at radius 2 is 1.82 bits per heavy atom. The summed E-state index contributed by atoms with van der Waals surface area (Å²) in [6.07, 6.45) is 0. The van der Waals surface area contributed by atoms with E-state index in [-0.39, 0.29) is 33.0 Å². The van der Waals surface area contributed by atoms with E-state index >= 15 is 0 Å². The first-order valence-electron chi connectivity index (χ1n) is 7.87. The molecular formula is C18H14N2O7S. The third kappa shape index (κ3) is 3.63. The van der Waals surface area contributed by atoms with Gasteiger partial charge in [0.15, 0.2) is 0 Å². The van der Waals surface area contributed by atoms with Gasteiger partial charge in [0.1, 0.15) is 5.75 Å². The molecule has 0 unspecified atom stereocenters. The zero-order valence-corrected chi connectivity index (χ0v) is 15.2. The Labute approximate surface area is 159 Å². The Morgan fingerprint density at radius 1 is 1.11 bits per heavy atom. The number of hydrogen-bond donors (Lipinski definition) is 3. The molecule has 1 amide bonds. The number of nitrogens with one attached hydrogen (secondary N) is 1. The number of fused-ring (bicyclic) bond motifs is 1. The topological polar surface area (TPSA) is 147 Å². The summed E-state index contributed by atoms with van der Waals surface area (Å²) in [5.74, 6) is -0.867. The number of benzene rings is 3. The Balaban J connectivity index is 1.94. The van der Waals surface area contributed by atoms with Crippen molar-refractivity contribution in [3.8, 4) is 5.75 Å². The summed E-state index contributed by atoms with van der Waals surface area (Å²) in [4.78, 5) is 22.4. The maximum atomic E-state index is 12.4. The Morgan fingerprint density at radius 3 is 2.43 bits per heavy atom. The van der Waals surface area contributed by atoms with Crippen LogP contribution in [0, 0.1) is 17.0 Å². The van der Waals surface area contributed by atoms with E-state index in [0.717, 1.165) is 6.07 Å². The zero-order valence-electron chi connectivity index (χ0n) is 14.4. The van der Waals surface area contributed by atoms with E-state index in [2.05, 4.69) is 5.32 Å². The fourth-order valence-electron chi connectivity index (χ4n) is 2.75. The van der Waals surface area contributed by atoms with E-state index < -0.39 is 20.9 Å². The van der Waals surface area contributed by atoms with Crippen molar-refractivity contribution in [3.63, 3.8) is 0 Å². The smallest absolute Gasteiger partial charge is 0.294 e. The molecule has 0 spiro atoms. The number of amides is 1. The summed E-state index contributed by atoms with van der Waals surface area (Å²) in [5.41, 5.74) is 0.454. The number of phenols is 1. The lowest BCUT2D eigenvalue weighted by Crippen LogP contribution is -2.12. The van der Waals surface area contributed by atoms with Crippen molar-refractivity contribution in [3.05, 3.63) is 69.8 Å². The normalized spacial score (nSPS) is 11.4. The minimum absolute atomic E-state index is 0.0770. The van der Waals surface area contributed by atoms with Crippen LogP contribution in [-0.2, 0) is 10.1 Å². The summed E-state index contributed by atoms with van der Waals surface area (Å²) in [7, 11) is -4.39. The predicted octanol–water partition coefficient (Wildman–Crippen LogP) is 3.26. The van der Waals surface area contributed by atoms with Crippen LogP contribution >= 0.6 is 0 Å². The van der Waals surface area contributed by atoms with Crippen LogP contribution in [0.5, 0.6) is 5.75 Å². The highest BCUT2D eigenvalue weighted by Gasteiger charge is 2.17. The van der Waals surface area contributed by atoms with Crippen molar-refractivity contribution < 1.29 is 27.8 Å². The molecule has 0 aliphatic rings. The summed E-state index contributed by atoms with van der Waals surface area (Å²) in [6, 6.07) is 10.4. The summed E-state index contributed by atoms with van der Waals surface area (Å²) in [6.45, 7) is 1.51. The summed E-state index contributed by atoms with van der Waals surface area (Å²) in [5, 5.41) is 24.4. The number of carbonyl (C=O) groups excluding carboxylic acids is 1. The lowest BCUT2D eigenvalue weighted by Gasteiger charge is -2.11. The number of aryl methyl sites for hydroxylation is 1. The molecule has 144 valence electrons. The SMILES string of the molecule is Cc1cc(C(=O)Nc2ccc3cc(S(=O)(=O)O)ccc3c2O)ccc1[N+](=O)[O-]. The number of hydrogen-bond acceptors (Lipinski definition) is 6.